The Morgan fingerprint density at radius 3 is 2.72 bits per heavy atom. The van der Waals surface area contributed by atoms with E-state index in [9.17, 15) is 5.11 Å². The fraction of sp³-hybridized carbons (Fsp3) is 0.700. The van der Waals surface area contributed by atoms with Crippen LogP contribution in [0, 0.1) is 17.3 Å². The van der Waals surface area contributed by atoms with Crippen molar-refractivity contribution >= 4 is 0 Å². The monoisotopic (exact) mass is 340 g/mol. The Balaban J connectivity index is 1.51. The predicted octanol–water partition coefficient (Wildman–Crippen LogP) is 3.73. The summed E-state index contributed by atoms with van der Waals surface area (Å²) in [5.41, 5.74) is 1.86. The summed E-state index contributed by atoms with van der Waals surface area (Å²) in [6.45, 7) is 4.46. The number of nitrogens with zero attached hydrogens (tertiary/aromatic N) is 3. The molecule has 2 N–H and O–H groups in total. The summed E-state index contributed by atoms with van der Waals surface area (Å²) in [7, 11) is 0. The predicted molar refractivity (Wildman–Crippen MR) is 96.0 cm³/mol. The number of hydrogen-bond donors (Lipinski definition) is 2. The van der Waals surface area contributed by atoms with Crippen molar-refractivity contribution in [3.05, 3.63) is 24.2 Å². The van der Waals surface area contributed by atoms with Crippen LogP contribution in [0.1, 0.15) is 64.1 Å². The topological polar surface area (TPSA) is 66.7 Å². The van der Waals surface area contributed by atoms with E-state index in [1.165, 1.54) is 19.3 Å². The van der Waals surface area contributed by atoms with E-state index < -0.39 is 5.60 Å². The van der Waals surface area contributed by atoms with Gasteiger partial charge in [-0.05, 0) is 75.2 Å². The molecule has 4 fully saturated rings. The number of aromatic nitrogens is 4. The molecule has 2 aromatic heterocycles. The lowest BCUT2D eigenvalue weighted by Gasteiger charge is -2.62. The highest BCUT2D eigenvalue weighted by molar-refractivity contribution is 5.50. The number of imidazole rings is 1. The highest BCUT2D eigenvalue weighted by atomic mass is 16.3. The standard InChI is InChI=1S/C20H28N4O/c1-3-16-7-17(23-22-16)18-21-4-5-24(18)13(2)19-8-14-6-15(9-19)11-20(25,10-14)12-19/h4-5,7,13-15,25H,3,6,8-12H2,1-2H3,(H,22,23)/t13-,14+,15+,19?,20?/m0/s1. The Bertz CT molecular complexity index is 777. The van der Waals surface area contributed by atoms with Crippen LogP contribution in [-0.4, -0.2) is 30.5 Å². The quantitative estimate of drug-likeness (QED) is 0.891. The molecule has 4 aliphatic carbocycles. The molecule has 0 aliphatic heterocycles. The molecule has 5 nitrogen and oxygen atoms in total. The summed E-state index contributed by atoms with van der Waals surface area (Å²) >= 11 is 0. The molecule has 4 bridgehead atoms. The molecule has 134 valence electrons. The maximum absolute atomic E-state index is 11.1. The number of rotatable bonds is 4. The van der Waals surface area contributed by atoms with E-state index in [2.05, 4.69) is 45.9 Å². The van der Waals surface area contributed by atoms with Crippen LogP contribution in [0.3, 0.4) is 0 Å². The molecule has 5 heteroatoms. The number of aliphatic hydroxyl groups is 1. The van der Waals surface area contributed by atoms with Gasteiger partial charge < -0.3 is 9.67 Å². The highest BCUT2D eigenvalue weighted by Crippen LogP contribution is 2.65. The van der Waals surface area contributed by atoms with Crippen molar-refractivity contribution in [2.75, 3.05) is 0 Å². The fourth-order valence-electron chi connectivity index (χ4n) is 6.55. The summed E-state index contributed by atoms with van der Waals surface area (Å²) in [5.74, 6) is 2.36. The fourth-order valence-corrected chi connectivity index (χ4v) is 6.55. The van der Waals surface area contributed by atoms with E-state index in [1.54, 1.807) is 0 Å². The van der Waals surface area contributed by atoms with Crippen LogP contribution < -0.4 is 0 Å². The van der Waals surface area contributed by atoms with Gasteiger partial charge in [0.1, 0.15) is 5.69 Å². The zero-order chi connectivity index (χ0) is 17.2. The molecule has 3 atom stereocenters. The van der Waals surface area contributed by atoms with Gasteiger partial charge in [-0.1, -0.05) is 6.92 Å². The minimum Gasteiger partial charge on any atom is -0.390 e. The van der Waals surface area contributed by atoms with Crippen LogP contribution in [-0.2, 0) is 6.42 Å². The van der Waals surface area contributed by atoms with Gasteiger partial charge in [0.2, 0.25) is 0 Å². The van der Waals surface area contributed by atoms with Gasteiger partial charge in [0, 0.05) is 24.1 Å². The Kier molecular flexibility index (Phi) is 3.25. The lowest BCUT2D eigenvalue weighted by atomic mass is 9.46. The van der Waals surface area contributed by atoms with E-state index in [4.69, 9.17) is 0 Å². The minimum atomic E-state index is -0.416. The summed E-state index contributed by atoms with van der Waals surface area (Å²) < 4.78 is 2.31. The first-order valence-electron chi connectivity index (χ1n) is 9.80. The molecule has 6 rings (SSSR count). The van der Waals surface area contributed by atoms with Gasteiger partial charge >= 0.3 is 0 Å². The zero-order valence-electron chi connectivity index (χ0n) is 15.2. The van der Waals surface area contributed by atoms with E-state index >= 15 is 0 Å². The van der Waals surface area contributed by atoms with Crippen molar-refractivity contribution in [1.29, 1.82) is 0 Å². The van der Waals surface area contributed by atoms with Crippen molar-refractivity contribution in [3.8, 4) is 11.5 Å². The first-order valence-corrected chi connectivity index (χ1v) is 9.80. The highest BCUT2D eigenvalue weighted by Gasteiger charge is 2.59. The molecule has 0 radical (unpaired) electrons. The second-order valence-electron chi connectivity index (χ2n) is 9.01. The molecule has 2 heterocycles. The Labute approximate surface area is 148 Å². The summed E-state index contributed by atoms with van der Waals surface area (Å²) in [4.78, 5) is 4.62. The van der Waals surface area contributed by atoms with Crippen LogP contribution in [0.5, 0.6) is 0 Å². The molecule has 4 saturated carbocycles. The first-order chi connectivity index (χ1) is 12.0. The SMILES string of the molecule is CCc1cc(-c2nccn2[C@@H](C)C23C[C@H]4C[C@@H](CC(O)(C4)C2)C3)n[nH]1. The summed E-state index contributed by atoms with van der Waals surface area (Å²) in [6, 6.07) is 2.45. The van der Waals surface area contributed by atoms with Crippen LogP contribution >= 0.6 is 0 Å². The van der Waals surface area contributed by atoms with Gasteiger partial charge in [-0.2, -0.15) is 5.10 Å². The summed E-state index contributed by atoms with van der Waals surface area (Å²) in [5, 5.41) is 18.7. The maximum Gasteiger partial charge on any atom is 0.160 e. The molecule has 0 amide bonds. The normalized spacial score (nSPS) is 37.6. The lowest BCUT2D eigenvalue weighted by molar-refractivity contribution is -0.176. The van der Waals surface area contributed by atoms with E-state index in [1.807, 2.05) is 6.20 Å². The number of H-pyrrole nitrogens is 1. The average Bonchev–Trinajstić information content (AvgIpc) is 3.20. The molecule has 0 aromatic carbocycles. The smallest absolute Gasteiger partial charge is 0.160 e. The molecule has 25 heavy (non-hydrogen) atoms. The molecule has 4 aliphatic rings. The van der Waals surface area contributed by atoms with Crippen molar-refractivity contribution in [2.45, 2.75) is 70.4 Å². The summed E-state index contributed by atoms with van der Waals surface area (Å²) in [6.07, 6.45) is 11.8. The molecular weight excluding hydrogens is 312 g/mol. The number of aryl methyl sites for hydroxylation is 1. The van der Waals surface area contributed by atoms with Gasteiger partial charge in [-0.25, -0.2) is 4.98 Å². The third kappa shape index (κ3) is 2.31. The Morgan fingerprint density at radius 1 is 1.32 bits per heavy atom. The van der Waals surface area contributed by atoms with Gasteiger partial charge in [-0.15, -0.1) is 0 Å². The van der Waals surface area contributed by atoms with Crippen LogP contribution in [0.4, 0.5) is 0 Å². The van der Waals surface area contributed by atoms with Crippen molar-refractivity contribution in [2.24, 2.45) is 17.3 Å². The average molecular weight is 340 g/mol. The molecule has 2 aromatic rings. The Morgan fingerprint density at radius 2 is 2.08 bits per heavy atom. The number of nitrogens with one attached hydrogen (secondary N) is 1. The molecule has 0 saturated heterocycles. The minimum absolute atomic E-state index is 0.207. The van der Waals surface area contributed by atoms with Crippen LogP contribution in [0.15, 0.2) is 18.5 Å². The van der Waals surface area contributed by atoms with Crippen molar-refractivity contribution in [1.82, 2.24) is 19.7 Å². The zero-order valence-corrected chi connectivity index (χ0v) is 15.2. The first kappa shape index (κ1) is 15.6. The van der Waals surface area contributed by atoms with Gasteiger partial charge in [-0.3, -0.25) is 5.10 Å². The van der Waals surface area contributed by atoms with Gasteiger partial charge in [0.25, 0.3) is 0 Å². The third-order valence-electron chi connectivity index (χ3n) is 7.29. The maximum atomic E-state index is 11.1. The van der Waals surface area contributed by atoms with Crippen molar-refractivity contribution < 1.29 is 5.11 Å². The third-order valence-corrected chi connectivity index (χ3v) is 7.29. The largest absolute Gasteiger partial charge is 0.390 e. The molecule has 0 unspecified atom stereocenters. The molecule has 0 spiro atoms. The van der Waals surface area contributed by atoms with Crippen molar-refractivity contribution in [3.63, 3.8) is 0 Å². The van der Waals surface area contributed by atoms with E-state index in [-0.39, 0.29) is 5.41 Å². The van der Waals surface area contributed by atoms with Crippen LogP contribution in [0.2, 0.25) is 0 Å². The van der Waals surface area contributed by atoms with E-state index in [0.29, 0.717) is 17.9 Å². The number of hydrogen-bond acceptors (Lipinski definition) is 3. The Hall–Kier alpha value is -1.62. The second-order valence-corrected chi connectivity index (χ2v) is 9.01. The lowest BCUT2D eigenvalue weighted by Crippen LogP contribution is -2.57. The number of aromatic amines is 1. The second kappa shape index (κ2) is 5.19. The van der Waals surface area contributed by atoms with Gasteiger partial charge in [0.05, 0.1) is 5.60 Å². The van der Waals surface area contributed by atoms with Gasteiger partial charge in [0.15, 0.2) is 5.82 Å². The van der Waals surface area contributed by atoms with Crippen LogP contribution in [0.25, 0.3) is 11.5 Å². The van der Waals surface area contributed by atoms with E-state index in [0.717, 1.165) is 42.9 Å². The molecular formula is C20H28N4O.